The smallest absolute Gasteiger partial charge is 0.225 e. The third-order valence-corrected chi connectivity index (χ3v) is 11.1. The van der Waals surface area contributed by atoms with Crippen molar-refractivity contribution in [3.05, 3.63) is 307 Å². The summed E-state index contributed by atoms with van der Waals surface area (Å²) in [5.41, 5.74) is 32.6. The van der Waals surface area contributed by atoms with Crippen molar-refractivity contribution in [2.24, 2.45) is 23.1 Å². The van der Waals surface area contributed by atoms with Gasteiger partial charge in [-0.15, -0.1) is 6.58 Å². The zero-order valence-electron chi connectivity index (χ0n) is 43.9. The predicted molar refractivity (Wildman–Crippen MR) is 320 cm³/mol. The van der Waals surface area contributed by atoms with Gasteiger partial charge in [0.25, 0.3) is 0 Å². The molecule has 6 aromatic rings. The van der Waals surface area contributed by atoms with E-state index in [4.69, 9.17) is 17.2 Å². The Morgan fingerprint density at radius 3 is 1.89 bits per heavy atom. The molecule has 1 unspecified atom stereocenters. The van der Waals surface area contributed by atoms with Crippen molar-refractivity contribution in [2.75, 3.05) is 4.90 Å². The average Bonchev–Trinajstić information content (AvgIpc) is 3.46. The number of nitrogens with zero attached hydrogens (tertiary/aromatic N) is 2. The van der Waals surface area contributed by atoms with E-state index < -0.39 is 0 Å². The van der Waals surface area contributed by atoms with Crippen molar-refractivity contribution in [3.8, 4) is 0 Å². The third kappa shape index (κ3) is 18.5. The zero-order valence-corrected chi connectivity index (χ0v) is 43.9. The third-order valence-electron chi connectivity index (χ3n) is 11.1. The van der Waals surface area contributed by atoms with Crippen LogP contribution in [0.5, 0.6) is 0 Å². The van der Waals surface area contributed by atoms with Crippen LogP contribution < -0.4 is 32.0 Å². The Kier molecular flexibility index (Phi) is 25.2. The number of anilines is 1. The summed E-state index contributed by atoms with van der Waals surface area (Å²) < 4.78 is 2.30. The van der Waals surface area contributed by atoms with E-state index >= 15 is 0 Å². The van der Waals surface area contributed by atoms with E-state index in [1.54, 1.807) is 6.08 Å². The van der Waals surface area contributed by atoms with Gasteiger partial charge in [-0.1, -0.05) is 205 Å². The molecule has 73 heavy (non-hydrogen) atoms. The standard InChI is InChI=1S/C44H41N4.C11H15N.C7H9N.C3H6.C2H6/c1-4-5-8-20-42-41-31-37(23-26-43(41)48(42)40-18-11-7-12-19-40)38-27-29-47(28-14-13-15-33(2)34(3)30-38)39-24-21-35(22-25-39)32-46-44(45)36-16-9-6-10-17-36;1-9(2)8-11(12)10-6-4-3-5-7-10;8-6-7-4-2-1-3-5-7;1-3-2;1-2/h4-31,44,46H,2-3,32,45H2,1H3;3-9H,12H2,1-2H3;1-5H,6,8H2;3H,1H2,2H3;1-2H3/q+1;;;;/b5-4-,15-13-,20-8-,28-14-,29-27-,38-30+;11-8-;;;. The first-order valence-electron chi connectivity index (χ1n) is 25.1. The number of benzene rings is 6. The Balaban J connectivity index is 0.000000377. The van der Waals surface area contributed by atoms with Gasteiger partial charge in [-0.05, 0) is 107 Å². The van der Waals surface area contributed by atoms with E-state index in [2.05, 4.69) is 164 Å². The number of hydrogen-bond donors (Lipinski definition) is 4. The fourth-order valence-electron chi connectivity index (χ4n) is 7.39. The first kappa shape index (κ1) is 57.4. The number of hydrogen-bond acceptors (Lipinski definition) is 5. The molecule has 8 rings (SSSR count). The molecule has 374 valence electrons. The normalized spacial score (nSPS) is 15.4. The lowest BCUT2D eigenvalue weighted by molar-refractivity contribution is 0.552. The van der Waals surface area contributed by atoms with Gasteiger partial charge in [0, 0.05) is 61.1 Å². The van der Waals surface area contributed by atoms with Gasteiger partial charge < -0.3 is 22.1 Å². The summed E-state index contributed by atoms with van der Waals surface area (Å²) in [5.74, 6) is 0.505. The molecular formula is C67H77N6+. The van der Waals surface area contributed by atoms with Crippen molar-refractivity contribution in [3.63, 3.8) is 0 Å². The van der Waals surface area contributed by atoms with E-state index in [0.717, 1.165) is 61.8 Å². The molecule has 0 amide bonds. The van der Waals surface area contributed by atoms with Gasteiger partial charge in [-0.3, -0.25) is 5.32 Å². The van der Waals surface area contributed by atoms with Gasteiger partial charge in [0.1, 0.15) is 5.56 Å². The largest absolute Gasteiger partial charge is 0.398 e. The van der Waals surface area contributed by atoms with E-state index in [1.807, 2.05) is 149 Å². The summed E-state index contributed by atoms with van der Waals surface area (Å²) in [5, 5.41) is 3.42. The van der Waals surface area contributed by atoms with Crippen LogP contribution in [0.1, 0.15) is 81.1 Å². The highest BCUT2D eigenvalue weighted by atomic mass is 15.1. The van der Waals surface area contributed by atoms with Gasteiger partial charge in [0.2, 0.25) is 17.1 Å². The number of nitrogens with two attached hydrogens (primary N) is 3. The second-order valence-electron chi connectivity index (χ2n) is 17.0. The lowest BCUT2D eigenvalue weighted by Gasteiger charge is -2.20. The van der Waals surface area contributed by atoms with Crippen LogP contribution >= 0.6 is 0 Å². The van der Waals surface area contributed by atoms with Crippen LogP contribution in [0.3, 0.4) is 0 Å². The highest BCUT2D eigenvalue weighted by Crippen LogP contribution is 2.37. The molecule has 2 aliphatic heterocycles. The highest BCUT2D eigenvalue weighted by molar-refractivity contribution is 6.21. The molecule has 0 radical (unpaired) electrons. The quantitative estimate of drug-likeness (QED) is 0.0424. The first-order valence-corrected chi connectivity index (χ1v) is 25.1. The summed E-state index contributed by atoms with van der Waals surface area (Å²) >= 11 is 0. The Bertz CT molecular complexity index is 2880. The molecule has 0 aliphatic carbocycles. The fraction of sp³-hybridized carbons (Fsp3) is 0.149. The second kappa shape index (κ2) is 32.0. The summed E-state index contributed by atoms with van der Waals surface area (Å²) in [6.07, 6.45) is 26.4. The summed E-state index contributed by atoms with van der Waals surface area (Å²) in [4.78, 5) is 2.12. The topological polar surface area (TPSA) is 96.3 Å². The maximum absolute atomic E-state index is 6.36. The van der Waals surface area contributed by atoms with Crippen molar-refractivity contribution in [1.29, 1.82) is 0 Å². The van der Waals surface area contributed by atoms with E-state index in [-0.39, 0.29) is 6.17 Å². The Labute approximate surface area is 438 Å². The first-order chi connectivity index (χ1) is 35.6. The van der Waals surface area contributed by atoms with Crippen molar-refractivity contribution in [1.82, 2.24) is 9.89 Å². The molecule has 0 fully saturated rings. The van der Waals surface area contributed by atoms with Gasteiger partial charge in [0.15, 0.2) is 0 Å². The van der Waals surface area contributed by atoms with Crippen LogP contribution in [0.25, 0.3) is 11.3 Å². The van der Waals surface area contributed by atoms with Crippen molar-refractivity contribution >= 4 is 34.0 Å². The molecule has 2 aliphatic rings. The average molecular weight is 966 g/mol. The Hall–Kier alpha value is -8.13. The predicted octanol–water partition coefficient (Wildman–Crippen LogP) is 15.8. The number of para-hydroxylation sites is 1. The molecule has 0 saturated carbocycles. The minimum Gasteiger partial charge on any atom is -0.398 e. The highest BCUT2D eigenvalue weighted by Gasteiger charge is 2.36. The molecule has 1 atom stereocenters. The van der Waals surface area contributed by atoms with E-state index in [9.17, 15) is 0 Å². The van der Waals surface area contributed by atoms with Crippen LogP contribution in [0, 0.1) is 5.92 Å². The van der Waals surface area contributed by atoms with Crippen LogP contribution in [0.15, 0.2) is 274 Å². The lowest BCUT2D eigenvalue weighted by atomic mass is 9.92. The van der Waals surface area contributed by atoms with Gasteiger partial charge in [-0.2, -0.15) is 4.58 Å². The maximum atomic E-state index is 6.36. The molecular weight excluding hydrogens is 889 g/mol. The summed E-state index contributed by atoms with van der Waals surface area (Å²) in [7, 11) is 0. The molecule has 0 saturated heterocycles. The number of nitrogens with one attached hydrogen (secondary N) is 1. The van der Waals surface area contributed by atoms with Gasteiger partial charge in [0.05, 0.1) is 6.17 Å². The van der Waals surface area contributed by atoms with Crippen LogP contribution in [-0.4, -0.2) is 5.71 Å². The Morgan fingerprint density at radius 1 is 0.699 bits per heavy atom. The number of rotatable bonds is 12. The minimum absolute atomic E-state index is 0.224. The monoisotopic (exact) mass is 966 g/mol. The Morgan fingerprint density at radius 2 is 1.30 bits per heavy atom. The number of allylic oxidation sites excluding steroid dienone is 14. The van der Waals surface area contributed by atoms with Gasteiger partial charge in [-0.25, -0.2) is 0 Å². The zero-order chi connectivity index (χ0) is 52.8. The molecule has 7 N–H and O–H groups in total. The molecule has 0 aromatic heterocycles. The van der Waals surface area contributed by atoms with E-state index in [1.165, 1.54) is 16.8 Å². The maximum Gasteiger partial charge on any atom is 0.225 e. The molecule has 2 heterocycles. The fourth-order valence-corrected chi connectivity index (χ4v) is 7.39. The molecule has 6 aromatic carbocycles. The number of fused-ring (bicyclic) bond motifs is 1. The summed E-state index contributed by atoms with van der Waals surface area (Å²) in [6.45, 7) is 25.4. The lowest BCUT2D eigenvalue weighted by Crippen LogP contribution is -2.28. The minimum atomic E-state index is -0.224. The van der Waals surface area contributed by atoms with Crippen molar-refractivity contribution < 1.29 is 0 Å². The second-order valence-corrected chi connectivity index (χ2v) is 17.0. The van der Waals surface area contributed by atoms with Crippen LogP contribution in [-0.2, 0) is 13.1 Å². The molecule has 6 heteroatoms. The van der Waals surface area contributed by atoms with E-state index in [0.29, 0.717) is 19.0 Å². The molecule has 6 nitrogen and oxygen atoms in total. The molecule has 0 spiro atoms. The SMILES string of the molecule is C=C1/C=C\C=C/N(c2ccc(CNC(N)c3ccccc3)cc2)/C=C\C(c2ccc3c(c2)C(/C=C\C=C/C)=[N+]3c2ccccc2)=C/C1=C.C=CC.CC.CC(C)/C=C(\N)c1ccccc1.NCc1ccccc1. The van der Waals surface area contributed by atoms with Crippen LogP contribution in [0.4, 0.5) is 17.1 Å². The van der Waals surface area contributed by atoms with Crippen molar-refractivity contribution in [2.45, 2.75) is 60.8 Å². The summed E-state index contributed by atoms with van der Waals surface area (Å²) in [6, 6.07) is 55.8. The van der Waals surface area contributed by atoms with Crippen LogP contribution in [0.2, 0.25) is 0 Å². The van der Waals surface area contributed by atoms with Gasteiger partial charge >= 0.3 is 0 Å². The molecule has 0 bridgehead atoms.